The lowest BCUT2D eigenvalue weighted by molar-refractivity contribution is -0.251. The van der Waals surface area contributed by atoms with Gasteiger partial charge in [-0.25, -0.2) is 8.42 Å². The number of aliphatic hydroxyl groups is 2. The van der Waals surface area contributed by atoms with Gasteiger partial charge < -0.3 is 34.6 Å². The van der Waals surface area contributed by atoms with E-state index in [1.165, 1.54) is 23.4 Å². The van der Waals surface area contributed by atoms with Gasteiger partial charge in [0.2, 0.25) is 21.7 Å². The van der Waals surface area contributed by atoms with E-state index < -0.39 is 27.8 Å². The summed E-state index contributed by atoms with van der Waals surface area (Å²) in [6, 6.07) is 19.0. The summed E-state index contributed by atoms with van der Waals surface area (Å²) in [4.78, 5) is 18.8. The predicted octanol–water partition coefficient (Wildman–Crippen LogP) is 8.91. The molecule has 1 amide bonds. The van der Waals surface area contributed by atoms with Crippen molar-refractivity contribution in [2.45, 2.75) is 99.7 Å². The molecule has 1 fully saturated rings. The van der Waals surface area contributed by atoms with Gasteiger partial charge in [-0.05, 0) is 129 Å². The number of allylic oxidation sites excluding steroid dienone is 1. The zero-order valence-corrected chi connectivity index (χ0v) is 37.4. The monoisotopic (exact) mass is 875 g/mol. The van der Waals surface area contributed by atoms with Gasteiger partial charge in [0.1, 0.15) is 23.9 Å². The maximum absolute atomic E-state index is 15.1. The van der Waals surface area contributed by atoms with E-state index in [0.717, 1.165) is 41.7 Å². The van der Waals surface area contributed by atoms with Gasteiger partial charge in [-0.3, -0.25) is 4.79 Å². The Morgan fingerprint density at radius 2 is 1.72 bits per heavy atom. The van der Waals surface area contributed by atoms with E-state index in [0.29, 0.717) is 54.5 Å². The van der Waals surface area contributed by atoms with E-state index >= 15 is 8.42 Å². The zero-order valence-electron chi connectivity index (χ0n) is 35.8. The molecule has 0 radical (unpaired) electrons. The number of sulfonamides is 1. The lowest BCUT2D eigenvalue weighted by Gasteiger charge is -2.59. The Labute approximate surface area is 365 Å². The smallest absolute Gasteiger partial charge is 0.243 e. The first-order valence-electron chi connectivity index (χ1n) is 21.5. The molecule has 14 heteroatoms. The van der Waals surface area contributed by atoms with Gasteiger partial charge in [0, 0.05) is 55.2 Å². The van der Waals surface area contributed by atoms with Gasteiger partial charge in [-0.1, -0.05) is 37.1 Å². The van der Waals surface area contributed by atoms with Crippen LogP contribution in [0.5, 0.6) is 17.2 Å². The minimum Gasteiger partial charge on any atom is -0.460 e. The number of benzene rings is 3. The van der Waals surface area contributed by atoms with Crippen molar-refractivity contribution in [1.82, 2.24) is 4.31 Å². The number of nitrogens with one attached hydrogen (secondary N) is 1. The normalized spacial score (nSPS) is 23.7. The summed E-state index contributed by atoms with van der Waals surface area (Å²) in [7, 11) is -4.22. The van der Waals surface area contributed by atoms with Crippen molar-refractivity contribution in [3.05, 3.63) is 96.6 Å². The minimum absolute atomic E-state index is 0.00843. The highest BCUT2D eigenvalue weighted by atomic mass is 32.2. The number of anilines is 1. The van der Waals surface area contributed by atoms with Crippen LogP contribution < -0.4 is 14.8 Å². The molecule has 1 aliphatic heterocycles. The molecule has 0 unspecified atom stereocenters. The van der Waals surface area contributed by atoms with E-state index in [1.807, 2.05) is 62.6 Å². The van der Waals surface area contributed by atoms with Crippen molar-refractivity contribution in [1.29, 1.82) is 0 Å². The fourth-order valence-corrected chi connectivity index (χ4v) is 11.5. The molecule has 61 heavy (non-hydrogen) atoms. The van der Waals surface area contributed by atoms with Crippen molar-refractivity contribution < 1.29 is 42.5 Å². The van der Waals surface area contributed by atoms with E-state index in [2.05, 4.69) is 18.0 Å². The van der Waals surface area contributed by atoms with Gasteiger partial charge >= 0.3 is 0 Å². The van der Waals surface area contributed by atoms with Gasteiger partial charge in [0.25, 0.3) is 0 Å². The molecule has 6 atom stereocenters. The van der Waals surface area contributed by atoms with E-state index in [9.17, 15) is 15.0 Å². The number of hydrogen-bond donors (Lipinski definition) is 3. The molecule has 1 saturated carbocycles. The number of hydrogen-bond acceptors (Lipinski definition) is 11. The van der Waals surface area contributed by atoms with Gasteiger partial charge in [0.05, 0.1) is 29.2 Å². The predicted molar refractivity (Wildman–Crippen MR) is 240 cm³/mol. The maximum Gasteiger partial charge on any atom is 0.243 e. The quantitative estimate of drug-likeness (QED) is 0.0386. The van der Waals surface area contributed by atoms with Crippen LogP contribution in [0, 0.1) is 17.8 Å². The molecule has 3 N–H and O–H groups in total. The third-order valence-corrected chi connectivity index (χ3v) is 14.5. The van der Waals surface area contributed by atoms with Crippen molar-refractivity contribution in [2.24, 2.45) is 22.9 Å². The van der Waals surface area contributed by atoms with Crippen LogP contribution in [-0.4, -0.2) is 85.6 Å². The number of unbranched alkanes of at least 4 members (excludes halogenated alkanes) is 2. The molecular formula is C47H61N3O9S2. The average Bonchev–Trinajstić information content (AvgIpc) is 3.25. The molecule has 0 aromatic heterocycles. The third kappa shape index (κ3) is 10.2. The van der Waals surface area contributed by atoms with Crippen LogP contribution in [0.15, 0.2) is 106 Å². The Balaban J connectivity index is 1.59. The summed E-state index contributed by atoms with van der Waals surface area (Å²) < 4.78 is 52.6. The van der Waals surface area contributed by atoms with Gasteiger partial charge in [0.15, 0.2) is 0 Å². The third-order valence-electron chi connectivity index (χ3n) is 11.8. The Kier molecular flexibility index (Phi) is 16.1. The number of carbonyl (C=O) groups is 1. The van der Waals surface area contributed by atoms with Crippen LogP contribution in [0.4, 0.5) is 5.69 Å². The molecule has 3 aliphatic rings. The van der Waals surface area contributed by atoms with Crippen LogP contribution in [-0.2, 0) is 24.4 Å². The Hall–Kier alpha value is -4.18. The second kappa shape index (κ2) is 21.3. The number of fused-ring (bicyclic) bond motifs is 2. The van der Waals surface area contributed by atoms with Crippen molar-refractivity contribution in [3.63, 3.8) is 0 Å². The number of aliphatic hydroxyl groups excluding tert-OH is 2. The SMILES string of the molecule is C=CCO[C@@]12Oc3ccc(Oc4ccc(SC)cc4)cc3[C@H]3[C@H](CCCCO)[C@@H](CCCCO)C=C(C(=NOCC)C[C@@H]1N(CCC)S(=O)(=O)c1ccc(NC(C)=O)cc1)[C@H]32. The molecule has 12 nitrogen and oxygen atoms in total. The molecule has 3 aromatic carbocycles. The van der Waals surface area contributed by atoms with E-state index in [1.54, 1.807) is 30.0 Å². The van der Waals surface area contributed by atoms with Gasteiger partial charge in [-0.15, -0.1) is 18.3 Å². The number of oxime groups is 1. The number of rotatable bonds is 22. The first-order valence-corrected chi connectivity index (χ1v) is 24.1. The average molecular weight is 876 g/mol. The number of carbonyl (C=O) groups excluding carboxylic acids is 1. The molecule has 0 saturated heterocycles. The second-order valence-electron chi connectivity index (χ2n) is 15.8. The van der Waals surface area contributed by atoms with Crippen LogP contribution in [0.3, 0.4) is 0 Å². The summed E-state index contributed by atoms with van der Waals surface area (Å²) in [5.74, 6) is -0.687. The van der Waals surface area contributed by atoms with Gasteiger partial charge in [-0.2, -0.15) is 4.31 Å². The Bertz CT molecular complexity index is 2130. The molecule has 0 spiro atoms. The first-order chi connectivity index (χ1) is 29.5. The van der Waals surface area contributed by atoms with Crippen molar-refractivity contribution in [2.75, 3.05) is 44.5 Å². The first kappa shape index (κ1) is 46.3. The second-order valence-corrected chi connectivity index (χ2v) is 18.6. The van der Waals surface area contributed by atoms with Crippen LogP contribution in [0.25, 0.3) is 0 Å². The summed E-state index contributed by atoms with van der Waals surface area (Å²) in [5.41, 5.74) is 2.93. The Morgan fingerprint density at radius 1 is 1.02 bits per heavy atom. The van der Waals surface area contributed by atoms with Crippen molar-refractivity contribution >= 4 is 39.1 Å². The summed E-state index contributed by atoms with van der Waals surface area (Å²) >= 11 is 1.66. The fraction of sp³-hybridized carbons (Fsp3) is 0.489. The highest BCUT2D eigenvalue weighted by molar-refractivity contribution is 7.98. The number of nitrogens with zero attached hydrogens (tertiary/aromatic N) is 2. The van der Waals surface area contributed by atoms with Crippen LogP contribution in [0.2, 0.25) is 0 Å². The lowest BCUT2D eigenvalue weighted by Crippen LogP contribution is -2.70. The molecular weight excluding hydrogens is 815 g/mol. The Morgan fingerprint density at radius 3 is 2.36 bits per heavy atom. The minimum atomic E-state index is -4.22. The van der Waals surface area contributed by atoms with Crippen LogP contribution >= 0.6 is 11.8 Å². The van der Waals surface area contributed by atoms with Crippen molar-refractivity contribution in [3.8, 4) is 17.2 Å². The highest BCUT2D eigenvalue weighted by Gasteiger charge is 2.66. The van der Waals surface area contributed by atoms with E-state index in [4.69, 9.17) is 24.2 Å². The molecule has 330 valence electrons. The maximum atomic E-state index is 15.1. The molecule has 1 heterocycles. The molecule has 2 aliphatic carbocycles. The number of amides is 1. The number of thioether (sulfide) groups is 1. The standard InChI is InChI=1S/C47H61N3O9S2/c1-6-25-50(61(54,55)38-22-15-34(16-23-38)48-32(4)53)44-31-42(49-57-8-3)40-29-33(13-9-11-26-51)39(14-10-12-27-52)45-41-30-36(58-35-17-20-37(60-5)21-18-35)19-24-43(41)59-47(44,46(40)45)56-28-7-2/h7,15-24,29-30,33,39,44-46,51-52H,2,6,8-14,25-28,31H2,1,3-5H3,(H,48,53)/t33-,39+,44-,45+,46+,47+/m0/s1. The molecule has 6 rings (SSSR count). The summed E-state index contributed by atoms with van der Waals surface area (Å²) in [6.07, 6.45) is 11.1. The van der Waals surface area contributed by atoms with Crippen LogP contribution in [0.1, 0.15) is 83.6 Å². The molecule has 3 aromatic rings. The summed E-state index contributed by atoms with van der Waals surface area (Å²) in [6.45, 7) is 9.91. The largest absolute Gasteiger partial charge is 0.460 e. The zero-order chi connectivity index (χ0) is 43.6. The fourth-order valence-electron chi connectivity index (χ4n) is 9.32. The topological polar surface area (TPSA) is 156 Å². The highest BCUT2D eigenvalue weighted by Crippen LogP contribution is 2.62. The number of ether oxygens (including phenoxy) is 3. The van der Waals surface area contributed by atoms with E-state index in [-0.39, 0.29) is 61.3 Å². The summed E-state index contributed by atoms with van der Waals surface area (Å²) in [5, 5.41) is 27.3. The lowest BCUT2D eigenvalue weighted by atomic mass is 9.55. The molecule has 0 bridgehead atoms.